The monoisotopic (exact) mass is 254 g/mol. The van der Waals surface area contributed by atoms with Crippen molar-refractivity contribution in [1.29, 1.82) is 0 Å². The molecule has 6 heteroatoms. The molecule has 6 nitrogen and oxygen atoms in total. The SMILES string of the molecule is Cn1ccnc1NCCCNC(=O)OC(C)(C)C. The van der Waals surface area contributed by atoms with Gasteiger partial charge in [-0.1, -0.05) is 0 Å². The number of rotatable bonds is 5. The summed E-state index contributed by atoms with van der Waals surface area (Å²) in [7, 11) is 1.92. The molecule has 0 saturated carbocycles. The van der Waals surface area contributed by atoms with Crippen LogP contribution in [0.4, 0.5) is 10.7 Å². The highest BCUT2D eigenvalue weighted by molar-refractivity contribution is 5.67. The van der Waals surface area contributed by atoms with Crippen LogP contribution in [0.5, 0.6) is 0 Å². The maximum atomic E-state index is 11.3. The molecule has 18 heavy (non-hydrogen) atoms. The molecule has 0 radical (unpaired) electrons. The third kappa shape index (κ3) is 5.56. The summed E-state index contributed by atoms with van der Waals surface area (Å²) < 4.78 is 7.03. The van der Waals surface area contributed by atoms with Crippen molar-refractivity contribution < 1.29 is 9.53 Å². The molecule has 0 aliphatic heterocycles. The second-order valence-corrected chi connectivity index (χ2v) is 5.07. The number of hydrogen-bond donors (Lipinski definition) is 2. The molecule has 0 aliphatic rings. The van der Waals surface area contributed by atoms with Gasteiger partial charge in [0, 0.05) is 32.5 Å². The minimum atomic E-state index is -0.449. The van der Waals surface area contributed by atoms with Crippen LogP contribution in [0.2, 0.25) is 0 Å². The summed E-state index contributed by atoms with van der Waals surface area (Å²) in [6.07, 6.45) is 4.05. The highest BCUT2D eigenvalue weighted by Gasteiger charge is 2.15. The first-order chi connectivity index (χ1) is 8.38. The fourth-order valence-corrected chi connectivity index (χ4v) is 1.33. The number of nitrogens with zero attached hydrogens (tertiary/aromatic N) is 2. The standard InChI is InChI=1S/C12H22N4O2/c1-12(2,3)18-11(17)15-7-5-6-13-10-14-8-9-16(10)4/h8-9H,5-7H2,1-4H3,(H,13,14)(H,15,17). The van der Waals surface area contributed by atoms with Gasteiger partial charge in [0.15, 0.2) is 0 Å². The number of imidazole rings is 1. The van der Waals surface area contributed by atoms with Crippen LogP contribution in [0.1, 0.15) is 27.2 Å². The summed E-state index contributed by atoms with van der Waals surface area (Å²) in [6.45, 7) is 6.85. The molecule has 0 atom stereocenters. The van der Waals surface area contributed by atoms with Gasteiger partial charge in [0.05, 0.1) is 0 Å². The summed E-state index contributed by atoms with van der Waals surface area (Å²) in [4.78, 5) is 15.5. The molecule has 0 spiro atoms. The maximum Gasteiger partial charge on any atom is 0.407 e. The Kier molecular flexibility index (Phi) is 5.00. The van der Waals surface area contributed by atoms with E-state index in [1.165, 1.54) is 0 Å². The van der Waals surface area contributed by atoms with E-state index in [4.69, 9.17) is 4.74 Å². The van der Waals surface area contributed by atoms with Gasteiger partial charge in [-0.05, 0) is 27.2 Å². The van der Waals surface area contributed by atoms with E-state index >= 15 is 0 Å². The van der Waals surface area contributed by atoms with Crippen molar-refractivity contribution in [2.24, 2.45) is 7.05 Å². The smallest absolute Gasteiger partial charge is 0.407 e. The van der Waals surface area contributed by atoms with Gasteiger partial charge in [-0.2, -0.15) is 0 Å². The van der Waals surface area contributed by atoms with Crippen molar-refractivity contribution in [2.45, 2.75) is 32.8 Å². The summed E-state index contributed by atoms with van der Waals surface area (Å²) in [5.74, 6) is 0.826. The number of amides is 1. The van der Waals surface area contributed by atoms with Gasteiger partial charge >= 0.3 is 6.09 Å². The van der Waals surface area contributed by atoms with E-state index in [0.717, 1.165) is 18.9 Å². The van der Waals surface area contributed by atoms with Crippen molar-refractivity contribution in [1.82, 2.24) is 14.9 Å². The molecular weight excluding hydrogens is 232 g/mol. The van der Waals surface area contributed by atoms with Crippen molar-refractivity contribution in [3.63, 3.8) is 0 Å². The topological polar surface area (TPSA) is 68.2 Å². The molecule has 1 amide bonds. The zero-order valence-electron chi connectivity index (χ0n) is 11.5. The molecule has 0 unspecified atom stereocenters. The van der Waals surface area contributed by atoms with Gasteiger partial charge in [0.1, 0.15) is 5.60 Å². The van der Waals surface area contributed by atoms with E-state index < -0.39 is 5.60 Å². The fourth-order valence-electron chi connectivity index (χ4n) is 1.33. The molecule has 1 aromatic rings. The lowest BCUT2D eigenvalue weighted by molar-refractivity contribution is 0.0528. The Hall–Kier alpha value is -1.72. The molecule has 1 aromatic heterocycles. The largest absolute Gasteiger partial charge is 0.444 e. The van der Waals surface area contributed by atoms with Crippen LogP contribution < -0.4 is 10.6 Å². The van der Waals surface area contributed by atoms with Gasteiger partial charge in [-0.3, -0.25) is 0 Å². The molecule has 0 bridgehead atoms. The third-order valence-corrected chi connectivity index (χ3v) is 2.13. The Bertz CT molecular complexity index is 382. The average Bonchev–Trinajstić information content (AvgIpc) is 2.61. The number of hydrogen-bond acceptors (Lipinski definition) is 4. The molecule has 2 N–H and O–H groups in total. The van der Waals surface area contributed by atoms with Crippen LogP contribution in [0, 0.1) is 0 Å². The van der Waals surface area contributed by atoms with Gasteiger partial charge in [-0.25, -0.2) is 9.78 Å². The quantitative estimate of drug-likeness (QED) is 0.785. The van der Waals surface area contributed by atoms with Crippen molar-refractivity contribution in [3.05, 3.63) is 12.4 Å². The van der Waals surface area contributed by atoms with E-state index in [-0.39, 0.29) is 6.09 Å². The maximum absolute atomic E-state index is 11.3. The van der Waals surface area contributed by atoms with Crippen LogP contribution in [0.25, 0.3) is 0 Å². The Balaban J connectivity index is 2.09. The first kappa shape index (κ1) is 14.3. The molecule has 0 fully saturated rings. The first-order valence-electron chi connectivity index (χ1n) is 6.06. The van der Waals surface area contributed by atoms with Gasteiger partial charge in [0.2, 0.25) is 5.95 Å². The number of carbonyl (C=O) groups excluding carboxylic acids is 1. The van der Waals surface area contributed by atoms with Crippen molar-refractivity contribution in [3.8, 4) is 0 Å². The van der Waals surface area contributed by atoms with Crippen LogP contribution in [0.15, 0.2) is 12.4 Å². The summed E-state index contributed by atoms with van der Waals surface area (Å²) in [5, 5.41) is 5.88. The average molecular weight is 254 g/mol. The van der Waals surface area contributed by atoms with Crippen molar-refractivity contribution in [2.75, 3.05) is 18.4 Å². The minimum absolute atomic E-state index is 0.375. The van der Waals surface area contributed by atoms with Gasteiger partial charge in [-0.15, -0.1) is 0 Å². The summed E-state index contributed by atoms with van der Waals surface area (Å²) >= 11 is 0. The summed E-state index contributed by atoms with van der Waals surface area (Å²) in [6, 6.07) is 0. The predicted octanol–water partition coefficient (Wildman–Crippen LogP) is 1.75. The van der Waals surface area contributed by atoms with Crippen molar-refractivity contribution >= 4 is 12.0 Å². The van der Waals surface area contributed by atoms with Gasteiger partial charge in [0.25, 0.3) is 0 Å². The van der Waals surface area contributed by atoms with Crippen LogP contribution in [0.3, 0.4) is 0 Å². The molecule has 102 valence electrons. The van der Waals surface area contributed by atoms with Crippen LogP contribution in [-0.4, -0.2) is 34.3 Å². The molecule has 1 rings (SSSR count). The molecule has 1 heterocycles. The zero-order chi connectivity index (χ0) is 13.6. The predicted molar refractivity (Wildman–Crippen MR) is 70.6 cm³/mol. The first-order valence-corrected chi connectivity index (χ1v) is 6.06. The second-order valence-electron chi connectivity index (χ2n) is 5.07. The summed E-state index contributed by atoms with van der Waals surface area (Å²) in [5.41, 5.74) is -0.449. The molecule has 0 aromatic carbocycles. The Morgan fingerprint density at radius 2 is 2.17 bits per heavy atom. The van der Waals surface area contributed by atoms with E-state index in [2.05, 4.69) is 15.6 Å². The lowest BCUT2D eigenvalue weighted by Crippen LogP contribution is -2.33. The normalized spacial score (nSPS) is 11.1. The highest BCUT2D eigenvalue weighted by Crippen LogP contribution is 2.06. The minimum Gasteiger partial charge on any atom is -0.444 e. The Morgan fingerprint density at radius 1 is 1.44 bits per heavy atom. The number of alkyl carbamates (subject to hydrolysis) is 1. The fraction of sp³-hybridized carbons (Fsp3) is 0.667. The molecular formula is C12H22N4O2. The third-order valence-electron chi connectivity index (χ3n) is 2.13. The zero-order valence-corrected chi connectivity index (χ0v) is 11.5. The number of ether oxygens (including phenoxy) is 1. The van der Waals surface area contributed by atoms with Gasteiger partial charge < -0.3 is 19.9 Å². The number of aromatic nitrogens is 2. The van der Waals surface area contributed by atoms with Crippen LogP contribution >= 0.6 is 0 Å². The molecule has 0 saturated heterocycles. The number of nitrogens with one attached hydrogen (secondary N) is 2. The number of carbonyl (C=O) groups is 1. The lowest BCUT2D eigenvalue weighted by atomic mass is 10.2. The number of anilines is 1. The van der Waals surface area contributed by atoms with E-state index in [1.807, 2.05) is 38.6 Å². The highest BCUT2D eigenvalue weighted by atomic mass is 16.6. The Morgan fingerprint density at radius 3 is 2.72 bits per heavy atom. The second kappa shape index (κ2) is 6.28. The van der Waals surface area contributed by atoms with E-state index in [0.29, 0.717) is 6.54 Å². The van der Waals surface area contributed by atoms with Crippen LogP contribution in [-0.2, 0) is 11.8 Å². The van der Waals surface area contributed by atoms with E-state index in [1.54, 1.807) is 6.20 Å². The Labute approximate surface area is 108 Å². The number of aryl methyl sites for hydroxylation is 1. The lowest BCUT2D eigenvalue weighted by Gasteiger charge is -2.19. The molecule has 0 aliphatic carbocycles. The van der Waals surface area contributed by atoms with E-state index in [9.17, 15) is 4.79 Å².